The van der Waals surface area contributed by atoms with Gasteiger partial charge < -0.3 is 26.8 Å². The fourth-order valence-electron chi connectivity index (χ4n) is 3.29. The fourth-order valence-corrected chi connectivity index (χ4v) is 3.60. The molecule has 2 rings (SSSR count). The standard InChI is InChI=1S/C22H32N4O5S.Y/c1-25-18(19(27)11-15(12-32)21(24)29)8-9-26-22(30)31-16-6-2-13(3-7-16)10-17(23)20(28)14-4-5-14;/h2-3,6-7,14-15,17-18,25,32H,4-5,8-12,23H2,1H3,(H2,24,29)(H,26,30);/t15-,17-,18?;/m0./s1. The molecule has 1 fully saturated rings. The molecule has 2 amide bonds. The van der Waals surface area contributed by atoms with Crippen LogP contribution in [0.4, 0.5) is 4.79 Å². The van der Waals surface area contributed by atoms with Gasteiger partial charge in [0.15, 0.2) is 11.6 Å². The van der Waals surface area contributed by atoms with Crippen molar-refractivity contribution in [1.29, 1.82) is 0 Å². The number of primary amides is 1. The Kier molecular flexibility index (Phi) is 13.4. The second-order valence-corrected chi connectivity index (χ2v) is 8.39. The van der Waals surface area contributed by atoms with Crippen LogP contribution in [0.5, 0.6) is 5.75 Å². The Morgan fingerprint density at radius 1 is 1.18 bits per heavy atom. The van der Waals surface area contributed by atoms with E-state index in [4.69, 9.17) is 16.2 Å². The monoisotopic (exact) mass is 553 g/mol. The van der Waals surface area contributed by atoms with Crippen molar-refractivity contribution in [3.05, 3.63) is 29.8 Å². The van der Waals surface area contributed by atoms with Gasteiger partial charge in [0, 0.05) is 57.3 Å². The van der Waals surface area contributed by atoms with Gasteiger partial charge in [-0.25, -0.2) is 4.79 Å². The molecule has 179 valence electrons. The molecule has 0 saturated heterocycles. The topological polar surface area (TPSA) is 154 Å². The van der Waals surface area contributed by atoms with Gasteiger partial charge in [-0.2, -0.15) is 12.6 Å². The van der Waals surface area contributed by atoms with Gasteiger partial charge in [-0.05, 0) is 50.4 Å². The number of amides is 2. The maximum atomic E-state index is 12.3. The van der Waals surface area contributed by atoms with Crippen molar-refractivity contribution in [1.82, 2.24) is 10.6 Å². The Morgan fingerprint density at radius 3 is 2.33 bits per heavy atom. The van der Waals surface area contributed by atoms with E-state index in [1.165, 1.54) is 0 Å². The van der Waals surface area contributed by atoms with E-state index >= 15 is 0 Å². The molecule has 33 heavy (non-hydrogen) atoms. The van der Waals surface area contributed by atoms with E-state index in [-0.39, 0.29) is 68.9 Å². The van der Waals surface area contributed by atoms with Gasteiger partial charge in [0.2, 0.25) is 5.91 Å². The zero-order valence-corrected chi connectivity index (χ0v) is 22.5. The van der Waals surface area contributed by atoms with Crippen LogP contribution in [-0.4, -0.2) is 55.0 Å². The first-order valence-corrected chi connectivity index (χ1v) is 11.3. The first-order valence-electron chi connectivity index (χ1n) is 10.7. The van der Waals surface area contributed by atoms with Crippen molar-refractivity contribution < 1.29 is 56.6 Å². The molecule has 0 heterocycles. The van der Waals surface area contributed by atoms with Crippen LogP contribution >= 0.6 is 12.6 Å². The van der Waals surface area contributed by atoms with Crippen molar-refractivity contribution >= 4 is 36.2 Å². The number of hydrogen-bond acceptors (Lipinski definition) is 8. The number of hydrogen-bond donors (Lipinski definition) is 5. The minimum atomic E-state index is -0.647. The van der Waals surface area contributed by atoms with E-state index < -0.39 is 30.0 Å². The summed E-state index contributed by atoms with van der Waals surface area (Å²) in [6.07, 6.45) is 1.99. The Balaban J connectivity index is 0.00000544. The summed E-state index contributed by atoms with van der Waals surface area (Å²) in [4.78, 5) is 47.6. The minimum Gasteiger partial charge on any atom is -0.410 e. The predicted octanol–water partition coefficient (Wildman–Crippen LogP) is 0.590. The molecule has 1 aromatic rings. The molecule has 1 unspecified atom stereocenters. The SMILES string of the molecule is CNC(CCNC(=O)Oc1ccc(C[C@H](N)C(=O)C2CC2)cc1)C(=O)C[C@@H](CS)C(N)=O.[Y]. The first-order chi connectivity index (χ1) is 15.2. The van der Waals surface area contributed by atoms with Crippen LogP contribution in [0.1, 0.15) is 31.2 Å². The molecule has 0 bridgehead atoms. The van der Waals surface area contributed by atoms with Crippen molar-refractivity contribution in [2.45, 2.75) is 44.2 Å². The summed E-state index contributed by atoms with van der Waals surface area (Å²) < 4.78 is 5.23. The van der Waals surface area contributed by atoms with Gasteiger partial charge >= 0.3 is 6.09 Å². The summed E-state index contributed by atoms with van der Waals surface area (Å²) in [6, 6.07) is 5.80. The van der Waals surface area contributed by atoms with Crippen LogP contribution in [0.25, 0.3) is 0 Å². The molecule has 1 radical (unpaired) electrons. The Bertz CT molecular complexity index is 820. The first kappa shape index (κ1) is 29.7. The number of nitrogens with one attached hydrogen (secondary N) is 2. The number of rotatable bonds is 14. The summed E-state index contributed by atoms with van der Waals surface area (Å²) in [7, 11) is 1.63. The Hall–Kier alpha value is -1.33. The average molecular weight is 553 g/mol. The van der Waals surface area contributed by atoms with Crippen LogP contribution in [0, 0.1) is 11.8 Å². The number of Topliss-reactive ketones (excluding diaryl/α,β-unsaturated/α-hetero) is 2. The predicted molar refractivity (Wildman–Crippen MR) is 124 cm³/mol. The summed E-state index contributed by atoms with van der Waals surface area (Å²) in [5.74, 6) is -0.567. The van der Waals surface area contributed by atoms with Gasteiger partial charge in [0.25, 0.3) is 0 Å². The second kappa shape index (κ2) is 14.8. The van der Waals surface area contributed by atoms with Crippen LogP contribution < -0.4 is 26.8 Å². The van der Waals surface area contributed by atoms with Crippen molar-refractivity contribution in [3.63, 3.8) is 0 Å². The van der Waals surface area contributed by atoms with Crippen LogP contribution in [-0.2, 0) is 53.5 Å². The molecule has 1 aliphatic rings. The quantitative estimate of drug-likeness (QED) is 0.211. The normalized spacial score (nSPS) is 15.5. The van der Waals surface area contributed by atoms with Crippen LogP contribution in [0.15, 0.2) is 24.3 Å². The molecular formula is C22H32N4O5SY. The maximum Gasteiger partial charge on any atom is 0.412 e. The number of nitrogens with two attached hydrogens (primary N) is 2. The Morgan fingerprint density at radius 2 is 1.82 bits per heavy atom. The molecular weight excluding hydrogens is 521 g/mol. The Labute approximate surface area is 224 Å². The van der Waals surface area contributed by atoms with Gasteiger partial charge in [-0.15, -0.1) is 0 Å². The molecule has 3 atom stereocenters. The fraction of sp³-hybridized carbons (Fsp3) is 0.545. The molecule has 0 spiro atoms. The van der Waals surface area contributed by atoms with Crippen molar-refractivity contribution in [2.24, 2.45) is 23.3 Å². The smallest absolute Gasteiger partial charge is 0.410 e. The molecule has 0 aromatic heterocycles. The molecule has 1 aromatic carbocycles. The van der Waals surface area contributed by atoms with Crippen molar-refractivity contribution in [2.75, 3.05) is 19.3 Å². The maximum absolute atomic E-state index is 12.3. The number of carbonyl (C=O) groups is 4. The molecule has 0 aliphatic heterocycles. The van der Waals surface area contributed by atoms with Crippen LogP contribution in [0.3, 0.4) is 0 Å². The minimum absolute atomic E-state index is 0. The number of thiol groups is 1. The number of benzene rings is 1. The summed E-state index contributed by atoms with van der Waals surface area (Å²) >= 11 is 4.05. The molecule has 6 N–H and O–H groups in total. The molecule has 11 heteroatoms. The summed E-state index contributed by atoms with van der Waals surface area (Å²) in [5.41, 5.74) is 12.1. The van der Waals surface area contributed by atoms with E-state index in [0.29, 0.717) is 18.6 Å². The van der Waals surface area contributed by atoms with Crippen LogP contribution in [0.2, 0.25) is 0 Å². The number of ether oxygens (including phenoxy) is 1. The number of carbonyl (C=O) groups excluding carboxylic acids is 4. The van der Waals surface area contributed by atoms with Crippen molar-refractivity contribution in [3.8, 4) is 5.75 Å². The zero-order valence-electron chi connectivity index (χ0n) is 18.8. The van der Waals surface area contributed by atoms with E-state index in [9.17, 15) is 19.2 Å². The van der Waals surface area contributed by atoms with Gasteiger partial charge in [-0.1, -0.05) is 12.1 Å². The molecule has 9 nitrogen and oxygen atoms in total. The van der Waals surface area contributed by atoms with E-state index in [2.05, 4.69) is 23.3 Å². The average Bonchev–Trinajstić information content (AvgIpc) is 3.60. The second-order valence-electron chi connectivity index (χ2n) is 8.03. The third-order valence-corrected chi connectivity index (χ3v) is 5.89. The largest absolute Gasteiger partial charge is 0.412 e. The van der Waals surface area contributed by atoms with Gasteiger partial charge in [0.05, 0.1) is 18.0 Å². The number of likely N-dealkylation sites (N-methyl/N-ethyl adjacent to an activating group) is 1. The molecule has 1 aliphatic carbocycles. The van der Waals surface area contributed by atoms with Gasteiger partial charge in [0.1, 0.15) is 5.75 Å². The number of ketones is 2. The summed E-state index contributed by atoms with van der Waals surface area (Å²) in [6.45, 7) is 0.203. The zero-order chi connectivity index (χ0) is 23.7. The van der Waals surface area contributed by atoms with E-state index in [1.807, 2.05) is 0 Å². The molecule has 1 saturated carbocycles. The third kappa shape index (κ3) is 10.2. The third-order valence-electron chi connectivity index (χ3n) is 5.44. The van der Waals surface area contributed by atoms with E-state index in [0.717, 1.165) is 18.4 Å². The van der Waals surface area contributed by atoms with Gasteiger partial charge in [-0.3, -0.25) is 14.4 Å². The van der Waals surface area contributed by atoms with E-state index in [1.54, 1.807) is 31.3 Å². The summed E-state index contributed by atoms with van der Waals surface area (Å²) in [5, 5.41) is 5.48.